The van der Waals surface area contributed by atoms with Crippen LogP contribution in [0.2, 0.25) is 0 Å². The highest BCUT2D eigenvalue weighted by Crippen LogP contribution is 2.20. The van der Waals surface area contributed by atoms with Gasteiger partial charge in [0, 0.05) is 56.2 Å². The van der Waals surface area contributed by atoms with Gasteiger partial charge < -0.3 is 16.0 Å². The van der Waals surface area contributed by atoms with Gasteiger partial charge in [0.25, 0.3) is 0 Å². The predicted octanol–water partition coefficient (Wildman–Crippen LogP) is 1.98. The van der Waals surface area contributed by atoms with E-state index in [4.69, 9.17) is 5.73 Å². The molecule has 1 aliphatic heterocycles. The number of nitrogens with two attached hydrogens (primary N) is 1. The molecular weight excluding hydrogens is 248 g/mol. The van der Waals surface area contributed by atoms with E-state index in [2.05, 4.69) is 53.2 Å². The third-order valence-electron chi connectivity index (χ3n) is 3.91. The molecule has 1 aromatic carbocycles. The van der Waals surface area contributed by atoms with Gasteiger partial charge in [-0.25, -0.2) is 0 Å². The van der Waals surface area contributed by atoms with E-state index in [9.17, 15) is 0 Å². The molecule has 20 heavy (non-hydrogen) atoms. The molecule has 2 rings (SSSR count). The lowest BCUT2D eigenvalue weighted by molar-refractivity contribution is 0.209. The Kier molecular flexibility index (Phi) is 5.26. The van der Waals surface area contributed by atoms with E-state index in [-0.39, 0.29) is 6.04 Å². The molecule has 1 atom stereocenters. The van der Waals surface area contributed by atoms with Crippen LogP contribution >= 0.6 is 0 Å². The fourth-order valence-electron chi connectivity index (χ4n) is 2.57. The van der Waals surface area contributed by atoms with Crippen LogP contribution in [0, 0.1) is 0 Å². The topological polar surface area (TPSA) is 44.5 Å². The first-order valence-corrected chi connectivity index (χ1v) is 7.65. The summed E-state index contributed by atoms with van der Waals surface area (Å²) in [5.74, 6) is 0. The molecule has 1 heterocycles. The summed E-state index contributed by atoms with van der Waals surface area (Å²) in [6.07, 6.45) is 0. The van der Waals surface area contributed by atoms with Crippen molar-refractivity contribution >= 4 is 11.4 Å². The fourth-order valence-corrected chi connectivity index (χ4v) is 2.57. The van der Waals surface area contributed by atoms with Crippen LogP contribution in [0.3, 0.4) is 0 Å². The second kappa shape index (κ2) is 6.95. The first-order chi connectivity index (χ1) is 9.56. The molecule has 1 aromatic rings. The van der Waals surface area contributed by atoms with Gasteiger partial charge in [0.2, 0.25) is 0 Å². The van der Waals surface area contributed by atoms with Gasteiger partial charge in [0.05, 0.1) is 0 Å². The molecular formula is C16H28N4. The van der Waals surface area contributed by atoms with Crippen LogP contribution in [-0.4, -0.2) is 49.7 Å². The van der Waals surface area contributed by atoms with Crippen molar-refractivity contribution < 1.29 is 0 Å². The molecule has 0 bridgehead atoms. The summed E-state index contributed by atoms with van der Waals surface area (Å²) in [7, 11) is 0. The number of piperazine rings is 1. The van der Waals surface area contributed by atoms with E-state index in [0.29, 0.717) is 6.04 Å². The summed E-state index contributed by atoms with van der Waals surface area (Å²) in [5.41, 5.74) is 8.21. The van der Waals surface area contributed by atoms with E-state index >= 15 is 0 Å². The van der Waals surface area contributed by atoms with E-state index in [0.717, 1.165) is 38.4 Å². The van der Waals surface area contributed by atoms with Crippen molar-refractivity contribution in [3.05, 3.63) is 24.3 Å². The van der Waals surface area contributed by atoms with E-state index < -0.39 is 0 Å². The van der Waals surface area contributed by atoms with E-state index in [1.165, 1.54) is 5.69 Å². The minimum atomic E-state index is 0.179. The van der Waals surface area contributed by atoms with Crippen LogP contribution in [0.15, 0.2) is 24.3 Å². The zero-order valence-electron chi connectivity index (χ0n) is 13.0. The van der Waals surface area contributed by atoms with Crippen molar-refractivity contribution in [2.45, 2.75) is 32.9 Å². The van der Waals surface area contributed by atoms with Crippen LogP contribution < -0.4 is 16.0 Å². The SMILES string of the molecule is CC(N)CNc1ccc(N2CCN(C(C)C)CC2)cc1. The van der Waals surface area contributed by atoms with Gasteiger partial charge in [0.15, 0.2) is 0 Å². The van der Waals surface area contributed by atoms with Crippen LogP contribution in [0.5, 0.6) is 0 Å². The maximum Gasteiger partial charge on any atom is 0.0368 e. The Balaban J connectivity index is 1.87. The number of hydrogen-bond donors (Lipinski definition) is 2. The third kappa shape index (κ3) is 4.12. The molecule has 0 amide bonds. The number of nitrogens with one attached hydrogen (secondary N) is 1. The van der Waals surface area contributed by atoms with Gasteiger partial charge in [-0.1, -0.05) is 0 Å². The molecule has 4 nitrogen and oxygen atoms in total. The Hall–Kier alpha value is -1.26. The monoisotopic (exact) mass is 276 g/mol. The summed E-state index contributed by atoms with van der Waals surface area (Å²) >= 11 is 0. The molecule has 1 fully saturated rings. The average Bonchev–Trinajstić information content (AvgIpc) is 2.46. The molecule has 0 spiro atoms. The number of hydrogen-bond acceptors (Lipinski definition) is 4. The summed E-state index contributed by atoms with van der Waals surface area (Å²) in [5, 5.41) is 3.34. The van der Waals surface area contributed by atoms with E-state index in [1.807, 2.05) is 6.92 Å². The highest BCUT2D eigenvalue weighted by atomic mass is 15.3. The lowest BCUT2D eigenvalue weighted by Crippen LogP contribution is -2.48. The largest absolute Gasteiger partial charge is 0.383 e. The number of rotatable bonds is 5. The van der Waals surface area contributed by atoms with Crippen molar-refractivity contribution in [2.24, 2.45) is 5.73 Å². The molecule has 0 saturated carbocycles. The summed E-state index contributed by atoms with van der Waals surface area (Å²) < 4.78 is 0. The van der Waals surface area contributed by atoms with Crippen molar-refractivity contribution in [3.8, 4) is 0 Å². The molecule has 1 saturated heterocycles. The van der Waals surface area contributed by atoms with Crippen LogP contribution in [-0.2, 0) is 0 Å². The smallest absolute Gasteiger partial charge is 0.0368 e. The maximum atomic E-state index is 5.75. The zero-order chi connectivity index (χ0) is 14.5. The second-order valence-electron chi connectivity index (χ2n) is 6.02. The Morgan fingerprint density at radius 3 is 2.15 bits per heavy atom. The zero-order valence-corrected chi connectivity index (χ0v) is 13.0. The number of anilines is 2. The Labute approximate surface area is 122 Å². The highest BCUT2D eigenvalue weighted by Gasteiger charge is 2.18. The first kappa shape index (κ1) is 15.1. The number of nitrogens with zero attached hydrogens (tertiary/aromatic N) is 2. The average molecular weight is 276 g/mol. The lowest BCUT2D eigenvalue weighted by atomic mass is 10.2. The predicted molar refractivity (Wildman–Crippen MR) is 87.5 cm³/mol. The molecule has 4 heteroatoms. The summed E-state index contributed by atoms with van der Waals surface area (Å²) in [4.78, 5) is 5.00. The van der Waals surface area contributed by atoms with Gasteiger partial charge in [-0.2, -0.15) is 0 Å². The van der Waals surface area contributed by atoms with Gasteiger partial charge in [-0.3, -0.25) is 4.90 Å². The quantitative estimate of drug-likeness (QED) is 0.863. The van der Waals surface area contributed by atoms with Crippen molar-refractivity contribution in [1.82, 2.24) is 4.90 Å². The minimum Gasteiger partial charge on any atom is -0.383 e. The molecule has 3 N–H and O–H groups in total. The van der Waals surface area contributed by atoms with Crippen molar-refractivity contribution in [2.75, 3.05) is 42.9 Å². The molecule has 1 aliphatic rings. The fraction of sp³-hybridized carbons (Fsp3) is 0.625. The molecule has 112 valence electrons. The number of benzene rings is 1. The molecule has 0 radical (unpaired) electrons. The Bertz CT molecular complexity index is 391. The third-order valence-corrected chi connectivity index (χ3v) is 3.91. The Morgan fingerprint density at radius 1 is 1.05 bits per heavy atom. The maximum absolute atomic E-state index is 5.75. The molecule has 0 aliphatic carbocycles. The van der Waals surface area contributed by atoms with Gasteiger partial charge in [-0.05, 0) is 45.0 Å². The summed E-state index contributed by atoms with van der Waals surface area (Å²) in [6.45, 7) is 11.9. The first-order valence-electron chi connectivity index (χ1n) is 7.65. The van der Waals surface area contributed by atoms with Crippen LogP contribution in [0.4, 0.5) is 11.4 Å². The molecule has 1 unspecified atom stereocenters. The normalized spacial score (nSPS) is 18.4. The van der Waals surface area contributed by atoms with Gasteiger partial charge in [-0.15, -0.1) is 0 Å². The van der Waals surface area contributed by atoms with Gasteiger partial charge >= 0.3 is 0 Å². The molecule has 0 aromatic heterocycles. The summed E-state index contributed by atoms with van der Waals surface area (Å²) in [6, 6.07) is 9.53. The minimum absolute atomic E-state index is 0.179. The highest BCUT2D eigenvalue weighted by molar-refractivity contribution is 5.55. The lowest BCUT2D eigenvalue weighted by Gasteiger charge is -2.38. The Morgan fingerprint density at radius 2 is 1.65 bits per heavy atom. The van der Waals surface area contributed by atoms with Crippen LogP contribution in [0.1, 0.15) is 20.8 Å². The van der Waals surface area contributed by atoms with Crippen molar-refractivity contribution in [3.63, 3.8) is 0 Å². The standard InChI is InChI=1S/C16H28N4/c1-13(2)19-8-10-20(11-9-19)16-6-4-15(5-7-16)18-12-14(3)17/h4-7,13-14,18H,8-12,17H2,1-3H3. The second-order valence-corrected chi connectivity index (χ2v) is 6.02. The van der Waals surface area contributed by atoms with Crippen molar-refractivity contribution in [1.29, 1.82) is 0 Å². The van der Waals surface area contributed by atoms with Crippen LogP contribution in [0.25, 0.3) is 0 Å². The van der Waals surface area contributed by atoms with Gasteiger partial charge in [0.1, 0.15) is 0 Å². The van der Waals surface area contributed by atoms with E-state index in [1.54, 1.807) is 0 Å².